The van der Waals surface area contributed by atoms with Crippen molar-refractivity contribution in [3.8, 4) is 0 Å². The van der Waals surface area contributed by atoms with Gasteiger partial charge in [-0.2, -0.15) is 0 Å². The molecule has 0 heteroatoms. The third-order valence-electron chi connectivity index (χ3n) is 5.75. The summed E-state index contributed by atoms with van der Waals surface area (Å²) in [5.74, 6) is 0. The first-order valence-corrected chi connectivity index (χ1v) is 8.32. The summed E-state index contributed by atoms with van der Waals surface area (Å²) in [5.41, 5.74) is 4.65. The molecule has 0 aromatic heterocycles. The second-order valence-corrected chi connectivity index (χ2v) is 6.79. The van der Waals surface area contributed by atoms with Crippen LogP contribution in [-0.4, -0.2) is 0 Å². The zero-order valence-electron chi connectivity index (χ0n) is 12.4. The molecule has 0 bridgehead atoms. The van der Waals surface area contributed by atoms with Gasteiger partial charge in [0, 0.05) is 0 Å². The zero-order valence-corrected chi connectivity index (χ0v) is 12.4. The quantitative estimate of drug-likeness (QED) is 0.324. The Kier molecular flexibility index (Phi) is 1.89. The fraction of sp³-hybridized carbons (Fsp3) is 0.182. The first kappa shape index (κ1) is 11.3. The van der Waals surface area contributed by atoms with E-state index in [-0.39, 0.29) is 0 Å². The van der Waals surface area contributed by atoms with Crippen LogP contribution in [-0.2, 0) is 19.3 Å². The van der Waals surface area contributed by atoms with Crippen molar-refractivity contribution in [1.82, 2.24) is 0 Å². The zero-order chi connectivity index (χ0) is 14.3. The predicted molar refractivity (Wildman–Crippen MR) is 94.4 cm³/mol. The van der Waals surface area contributed by atoms with Gasteiger partial charge in [-0.1, -0.05) is 48.5 Å². The van der Waals surface area contributed by atoms with Gasteiger partial charge in [-0.25, -0.2) is 0 Å². The summed E-state index contributed by atoms with van der Waals surface area (Å²) in [6.45, 7) is 0. The van der Waals surface area contributed by atoms with Gasteiger partial charge in [0.2, 0.25) is 0 Å². The number of fused-ring (bicyclic) bond motifs is 1. The van der Waals surface area contributed by atoms with Gasteiger partial charge < -0.3 is 0 Å². The molecule has 2 aliphatic carbocycles. The Bertz CT molecular complexity index is 1160. The van der Waals surface area contributed by atoms with E-state index in [0.717, 1.165) is 0 Å². The van der Waals surface area contributed by atoms with Crippen molar-refractivity contribution in [2.75, 3.05) is 0 Å². The molecular formula is C22H16. The Morgan fingerprint density at radius 1 is 0.591 bits per heavy atom. The van der Waals surface area contributed by atoms with Crippen molar-refractivity contribution in [1.29, 1.82) is 0 Å². The van der Waals surface area contributed by atoms with E-state index in [1.165, 1.54) is 47.1 Å². The van der Waals surface area contributed by atoms with Crippen LogP contribution in [0.2, 0.25) is 0 Å². The molecule has 0 saturated carbocycles. The molecule has 4 aromatic carbocycles. The second-order valence-electron chi connectivity index (χ2n) is 6.79. The molecule has 0 spiro atoms. The maximum absolute atomic E-state index is 2.47. The lowest BCUT2D eigenvalue weighted by Gasteiger charge is -2.24. The van der Waals surface area contributed by atoms with Crippen molar-refractivity contribution >= 4 is 38.4 Å². The van der Waals surface area contributed by atoms with E-state index in [9.17, 15) is 0 Å². The van der Waals surface area contributed by atoms with Crippen molar-refractivity contribution in [3.05, 3.63) is 64.4 Å². The van der Waals surface area contributed by atoms with Crippen LogP contribution in [0.1, 0.15) is 23.1 Å². The first-order valence-electron chi connectivity index (χ1n) is 8.32. The molecule has 0 heterocycles. The maximum atomic E-state index is 2.47. The van der Waals surface area contributed by atoms with Crippen LogP contribution in [0.15, 0.2) is 42.5 Å². The van der Waals surface area contributed by atoms with Gasteiger partial charge in [0.25, 0.3) is 0 Å². The molecule has 0 saturated heterocycles. The third kappa shape index (κ3) is 1.17. The second kappa shape index (κ2) is 3.70. The maximum Gasteiger partial charge on any atom is -0.00236 e. The lowest BCUT2D eigenvalue weighted by atomic mass is 9.79. The van der Waals surface area contributed by atoms with Crippen molar-refractivity contribution < 1.29 is 0 Å². The molecular weight excluding hydrogens is 264 g/mol. The van der Waals surface area contributed by atoms with Crippen LogP contribution in [0, 0.1) is 0 Å². The number of hydrogen-bond acceptors (Lipinski definition) is 0. The normalized spacial score (nSPS) is 15.8. The summed E-state index contributed by atoms with van der Waals surface area (Å²) in [7, 11) is 0. The third-order valence-corrected chi connectivity index (χ3v) is 5.75. The number of aryl methyl sites for hydroxylation is 3. The Balaban J connectivity index is 2.13. The number of benzene rings is 4. The molecule has 0 aliphatic heterocycles. The predicted octanol–water partition coefficient (Wildman–Crippen LogP) is 4.69. The summed E-state index contributed by atoms with van der Waals surface area (Å²) >= 11 is 0. The Hall–Kier alpha value is -2.34. The molecule has 0 radical (unpaired) electrons. The van der Waals surface area contributed by atoms with Gasteiger partial charge in [-0.15, -0.1) is 0 Å². The highest BCUT2D eigenvalue weighted by atomic mass is 14.2. The lowest BCUT2D eigenvalue weighted by Crippen LogP contribution is -2.15. The minimum atomic E-state index is 1.17. The van der Waals surface area contributed by atoms with E-state index in [1.807, 2.05) is 0 Å². The van der Waals surface area contributed by atoms with Crippen LogP contribution < -0.4 is 5.22 Å². The first-order chi connectivity index (χ1) is 10.9. The van der Waals surface area contributed by atoms with E-state index in [4.69, 9.17) is 0 Å². The summed E-state index contributed by atoms with van der Waals surface area (Å²) in [6, 6.07) is 16.3. The monoisotopic (exact) mass is 280 g/mol. The topological polar surface area (TPSA) is 0 Å². The minimum Gasteiger partial charge on any atom is -0.0757 e. The highest BCUT2D eigenvalue weighted by Gasteiger charge is 2.21. The van der Waals surface area contributed by atoms with E-state index < -0.39 is 0 Å². The van der Waals surface area contributed by atoms with Crippen LogP contribution in [0.5, 0.6) is 0 Å². The van der Waals surface area contributed by atoms with Gasteiger partial charge in [-0.3, -0.25) is 0 Å². The SMILES string of the molecule is C1=c2c3cccc4ccc5c(c6c(ccc(c26)CC1)CC5)c43. The van der Waals surface area contributed by atoms with Gasteiger partial charge in [-0.05, 0) is 79.9 Å². The molecule has 0 N–H and O–H groups in total. The van der Waals surface area contributed by atoms with Gasteiger partial charge >= 0.3 is 0 Å². The van der Waals surface area contributed by atoms with Gasteiger partial charge in [0.1, 0.15) is 0 Å². The summed E-state index contributed by atoms with van der Waals surface area (Å²) in [6.07, 6.45) is 7.22. The van der Waals surface area contributed by atoms with Crippen molar-refractivity contribution in [2.45, 2.75) is 25.7 Å². The van der Waals surface area contributed by atoms with E-state index in [1.54, 1.807) is 32.8 Å². The molecule has 0 atom stereocenters. The molecule has 0 fully saturated rings. The Morgan fingerprint density at radius 2 is 1.32 bits per heavy atom. The molecule has 104 valence electrons. The average molecular weight is 280 g/mol. The highest BCUT2D eigenvalue weighted by molar-refractivity contribution is 6.24. The molecule has 22 heavy (non-hydrogen) atoms. The molecule has 2 aliphatic rings. The Labute approximate surface area is 129 Å². The summed E-state index contributed by atoms with van der Waals surface area (Å²) < 4.78 is 0. The van der Waals surface area contributed by atoms with Crippen LogP contribution in [0.3, 0.4) is 0 Å². The minimum absolute atomic E-state index is 1.17. The standard InChI is InChI=1S/C22H16/c1-3-13-7-9-15-11-12-16-10-8-14-4-2-6-18-17(5-1)19(13)21(15)22(16)20(14)18/h1,3,5-10H,2,4,11-12H2. The van der Waals surface area contributed by atoms with Crippen LogP contribution in [0.25, 0.3) is 38.4 Å². The Morgan fingerprint density at radius 3 is 2.18 bits per heavy atom. The van der Waals surface area contributed by atoms with Crippen molar-refractivity contribution in [3.63, 3.8) is 0 Å². The molecule has 0 unspecified atom stereocenters. The smallest absolute Gasteiger partial charge is 0.00236 e. The number of rotatable bonds is 0. The van der Waals surface area contributed by atoms with Crippen molar-refractivity contribution in [2.24, 2.45) is 0 Å². The average Bonchev–Trinajstić information content (AvgIpc) is 2.59. The van der Waals surface area contributed by atoms with Gasteiger partial charge in [0.15, 0.2) is 0 Å². The highest BCUT2D eigenvalue weighted by Crippen LogP contribution is 2.40. The molecule has 0 amide bonds. The van der Waals surface area contributed by atoms with E-state index in [2.05, 4.69) is 48.5 Å². The summed E-state index contributed by atoms with van der Waals surface area (Å²) in [5, 5.41) is 10.5. The lowest BCUT2D eigenvalue weighted by molar-refractivity contribution is 0.962. The largest absolute Gasteiger partial charge is 0.0757 e. The molecule has 0 nitrogen and oxygen atoms in total. The fourth-order valence-corrected chi connectivity index (χ4v) is 4.83. The molecule has 6 rings (SSSR count). The summed E-state index contributed by atoms with van der Waals surface area (Å²) in [4.78, 5) is 0. The van der Waals surface area contributed by atoms with Crippen LogP contribution >= 0.6 is 0 Å². The van der Waals surface area contributed by atoms with Crippen LogP contribution in [0.4, 0.5) is 0 Å². The van der Waals surface area contributed by atoms with Gasteiger partial charge in [0.05, 0.1) is 0 Å². The molecule has 4 aromatic rings. The van der Waals surface area contributed by atoms with E-state index >= 15 is 0 Å². The van der Waals surface area contributed by atoms with E-state index in [0.29, 0.717) is 0 Å². The fourth-order valence-electron chi connectivity index (χ4n) is 4.83. The number of hydrogen-bond donors (Lipinski definition) is 0.